The Balaban J connectivity index is 1.86. The van der Waals surface area contributed by atoms with Gasteiger partial charge < -0.3 is 19.8 Å². The van der Waals surface area contributed by atoms with Crippen molar-refractivity contribution in [2.24, 2.45) is 0 Å². The van der Waals surface area contributed by atoms with Crippen LogP contribution in [-0.2, 0) is 6.42 Å². The number of unbranched alkanes of at least 4 members (excludes halogenated alkanes) is 2. The average Bonchev–Trinajstić information content (AvgIpc) is 2.65. The van der Waals surface area contributed by atoms with Crippen molar-refractivity contribution in [2.75, 3.05) is 57.8 Å². The Morgan fingerprint density at radius 2 is 1.62 bits per heavy atom. The molecule has 0 atom stereocenters. The molecule has 148 valence electrons. The van der Waals surface area contributed by atoms with Crippen molar-refractivity contribution in [3.63, 3.8) is 0 Å². The van der Waals surface area contributed by atoms with Gasteiger partial charge in [0.15, 0.2) is 0 Å². The second-order valence-corrected chi connectivity index (χ2v) is 7.76. The maximum absolute atomic E-state index is 10.5. The monoisotopic (exact) mass is 361 g/mol. The Morgan fingerprint density at radius 3 is 2.19 bits per heavy atom. The normalized spacial score (nSPS) is 16.1. The Kier molecular flexibility index (Phi) is 9.27. The van der Waals surface area contributed by atoms with E-state index in [2.05, 4.69) is 47.7 Å². The van der Waals surface area contributed by atoms with Crippen LogP contribution in [-0.4, -0.2) is 67.8 Å². The van der Waals surface area contributed by atoms with E-state index < -0.39 is 0 Å². The second-order valence-electron chi connectivity index (χ2n) is 7.76. The summed E-state index contributed by atoms with van der Waals surface area (Å²) in [7, 11) is 2.20. The van der Waals surface area contributed by atoms with Crippen LogP contribution in [0.5, 0.6) is 5.75 Å². The third-order valence-corrected chi connectivity index (χ3v) is 5.51. The highest BCUT2D eigenvalue weighted by atomic mass is 16.3. The van der Waals surface area contributed by atoms with E-state index in [1.165, 1.54) is 57.5 Å². The predicted molar refractivity (Wildman–Crippen MR) is 112 cm³/mol. The fourth-order valence-electron chi connectivity index (χ4n) is 3.59. The Morgan fingerprint density at radius 1 is 0.962 bits per heavy atom. The summed E-state index contributed by atoms with van der Waals surface area (Å²) >= 11 is 0. The number of rotatable bonds is 11. The van der Waals surface area contributed by atoms with Crippen LogP contribution in [0.2, 0.25) is 0 Å². The summed E-state index contributed by atoms with van der Waals surface area (Å²) in [5.41, 5.74) is 2.26. The van der Waals surface area contributed by atoms with E-state index in [1.54, 1.807) is 0 Å². The molecule has 0 spiro atoms. The molecule has 0 bridgehead atoms. The lowest BCUT2D eigenvalue weighted by Crippen LogP contribution is -2.44. The molecular formula is C22H39N3O. The minimum absolute atomic E-state index is 0.471. The SMILES string of the molecule is CCCCN(CCCC)c1ccc(CCCN2CCN(C)CC2)c(O)c1. The average molecular weight is 362 g/mol. The molecule has 1 aliphatic heterocycles. The van der Waals surface area contributed by atoms with Gasteiger partial charge in [-0.3, -0.25) is 0 Å². The van der Waals surface area contributed by atoms with Gasteiger partial charge in [0, 0.05) is 51.0 Å². The fourth-order valence-corrected chi connectivity index (χ4v) is 3.59. The topological polar surface area (TPSA) is 30.0 Å². The Labute approximate surface area is 160 Å². The van der Waals surface area contributed by atoms with Crippen molar-refractivity contribution in [2.45, 2.75) is 52.4 Å². The maximum atomic E-state index is 10.5. The Hall–Kier alpha value is -1.26. The molecule has 1 fully saturated rings. The number of hydrogen-bond acceptors (Lipinski definition) is 4. The van der Waals surface area contributed by atoms with Crippen molar-refractivity contribution >= 4 is 5.69 Å². The minimum atomic E-state index is 0.471. The number of likely N-dealkylation sites (N-methyl/N-ethyl adjacent to an activating group) is 1. The molecule has 0 radical (unpaired) electrons. The third kappa shape index (κ3) is 6.81. The number of aromatic hydroxyl groups is 1. The van der Waals surface area contributed by atoms with Crippen LogP contribution in [0, 0.1) is 0 Å². The molecule has 2 rings (SSSR count). The molecule has 4 heteroatoms. The van der Waals surface area contributed by atoms with E-state index in [4.69, 9.17) is 0 Å². The molecule has 26 heavy (non-hydrogen) atoms. The highest BCUT2D eigenvalue weighted by molar-refractivity contribution is 5.53. The molecule has 0 aliphatic carbocycles. The quantitative estimate of drug-likeness (QED) is 0.646. The molecular weight excluding hydrogens is 322 g/mol. The van der Waals surface area contributed by atoms with Gasteiger partial charge in [0.25, 0.3) is 0 Å². The van der Waals surface area contributed by atoms with Crippen LogP contribution in [0.4, 0.5) is 5.69 Å². The molecule has 1 aromatic rings. The van der Waals surface area contributed by atoms with E-state index >= 15 is 0 Å². The van der Waals surface area contributed by atoms with Crippen LogP contribution in [0.15, 0.2) is 18.2 Å². The first kappa shape index (κ1) is 21.0. The van der Waals surface area contributed by atoms with Gasteiger partial charge in [-0.25, -0.2) is 0 Å². The summed E-state index contributed by atoms with van der Waals surface area (Å²) < 4.78 is 0. The number of phenols is 1. The van der Waals surface area contributed by atoms with Crippen LogP contribution < -0.4 is 4.90 Å². The number of phenolic OH excluding ortho intramolecular Hbond substituents is 1. The molecule has 1 N–H and O–H groups in total. The first-order valence-corrected chi connectivity index (χ1v) is 10.6. The van der Waals surface area contributed by atoms with Crippen LogP contribution in [0.1, 0.15) is 51.5 Å². The summed E-state index contributed by atoms with van der Waals surface area (Å²) in [5.74, 6) is 0.471. The summed E-state index contributed by atoms with van der Waals surface area (Å²) in [6.07, 6.45) is 6.90. The fraction of sp³-hybridized carbons (Fsp3) is 0.727. The van der Waals surface area contributed by atoms with Crippen LogP contribution in [0.25, 0.3) is 0 Å². The third-order valence-electron chi connectivity index (χ3n) is 5.51. The number of nitrogens with zero attached hydrogens (tertiary/aromatic N) is 3. The lowest BCUT2D eigenvalue weighted by Gasteiger charge is -2.32. The number of hydrogen-bond donors (Lipinski definition) is 1. The van der Waals surface area contributed by atoms with Crippen LogP contribution >= 0.6 is 0 Å². The van der Waals surface area contributed by atoms with Gasteiger partial charge in [-0.15, -0.1) is 0 Å². The largest absolute Gasteiger partial charge is 0.508 e. The van der Waals surface area contributed by atoms with Crippen molar-refractivity contribution < 1.29 is 5.11 Å². The molecule has 1 heterocycles. The summed E-state index contributed by atoms with van der Waals surface area (Å²) in [5, 5.41) is 10.5. The van der Waals surface area contributed by atoms with E-state index in [1.807, 2.05) is 6.07 Å². The number of piperazine rings is 1. The molecule has 0 saturated carbocycles. The van der Waals surface area contributed by atoms with E-state index in [0.717, 1.165) is 38.0 Å². The van der Waals surface area contributed by atoms with E-state index in [0.29, 0.717) is 5.75 Å². The first-order valence-electron chi connectivity index (χ1n) is 10.6. The predicted octanol–water partition coefficient (Wildman–Crippen LogP) is 3.98. The zero-order chi connectivity index (χ0) is 18.8. The van der Waals surface area contributed by atoms with Gasteiger partial charge in [-0.05, 0) is 50.9 Å². The zero-order valence-corrected chi connectivity index (χ0v) is 17.2. The van der Waals surface area contributed by atoms with E-state index in [9.17, 15) is 5.11 Å². The molecule has 0 unspecified atom stereocenters. The first-order chi connectivity index (χ1) is 12.6. The van der Waals surface area contributed by atoms with Gasteiger partial charge in [0.1, 0.15) is 5.75 Å². The second kappa shape index (κ2) is 11.5. The highest BCUT2D eigenvalue weighted by Gasteiger charge is 2.14. The van der Waals surface area contributed by atoms with Gasteiger partial charge in [0.2, 0.25) is 0 Å². The van der Waals surface area contributed by atoms with Gasteiger partial charge in [0.05, 0.1) is 0 Å². The van der Waals surface area contributed by atoms with Crippen molar-refractivity contribution in [1.29, 1.82) is 0 Å². The molecule has 0 aromatic heterocycles. The van der Waals surface area contributed by atoms with Crippen LogP contribution in [0.3, 0.4) is 0 Å². The minimum Gasteiger partial charge on any atom is -0.508 e. The number of anilines is 1. The smallest absolute Gasteiger partial charge is 0.120 e. The standard InChI is InChI=1S/C22H39N3O/c1-4-6-13-25(14-7-5-2)21-11-10-20(22(26)19-21)9-8-12-24-17-15-23(3)16-18-24/h10-11,19,26H,4-9,12-18H2,1-3H3. The maximum Gasteiger partial charge on any atom is 0.120 e. The number of aryl methyl sites for hydroxylation is 1. The Bertz CT molecular complexity index is 504. The molecule has 1 aromatic carbocycles. The van der Waals surface area contributed by atoms with Gasteiger partial charge in [-0.1, -0.05) is 32.8 Å². The van der Waals surface area contributed by atoms with E-state index in [-0.39, 0.29) is 0 Å². The molecule has 1 saturated heterocycles. The summed E-state index contributed by atoms with van der Waals surface area (Å²) in [4.78, 5) is 7.37. The molecule has 1 aliphatic rings. The lowest BCUT2D eigenvalue weighted by molar-refractivity contribution is 0.153. The summed E-state index contributed by atoms with van der Waals surface area (Å²) in [6.45, 7) is 12.5. The summed E-state index contributed by atoms with van der Waals surface area (Å²) in [6, 6.07) is 6.33. The zero-order valence-electron chi connectivity index (χ0n) is 17.2. The highest BCUT2D eigenvalue weighted by Crippen LogP contribution is 2.26. The number of benzene rings is 1. The van der Waals surface area contributed by atoms with Gasteiger partial charge >= 0.3 is 0 Å². The molecule has 4 nitrogen and oxygen atoms in total. The van der Waals surface area contributed by atoms with Gasteiger partial charge in [-0.2, -0.15) is 0 Å². The molecule has 0 amide bonds. The van der Waals surface area contributed by atoms with Crippen molar-refractivity contribution in [1.82, 2.24) is 9.80 Å². The van der Waals surface area contributed by atoms with Crippen molar-refractivity contribution in [3.8, 4) is 5.75 Å². The van der Waals surface area contributed by atoms with Crippen molar-refractivity contribution in [3.05, 3.63) is 23.8 Å². The lowest BCUT2D eigenvalue weighted by atomic mass is 10.1.